The third-order valence-corrected chi connectivity index (χ3v) is 7.89. The second-order valence-corrected chi connectivity index (χ2v) is 9.84. The fraction of sp³-hybridized carbons (Fsp3) is 0.208. The number of carbonyl (C=O) groups is 1. The molecule has 2 aliphatic rings. The number of halogens is 2. The Hall–Kier alpha value is -3.46. The summed E-state index contributed by atoms with van der Waals surface area (Å²) in [5.41, 5.74) is 2.01. The first-order valence-corrected chi connectivity index (χ1v) is 12.0. The highest BCUT2D eigenvalue weighted by molar-refractivity contribution is 7.93. The van der Waals surface area contributed by atoms with Crippen LogP contribution < -0.4 is 9.21 Å². The molecule has 6 nitrogen and oxygen atoms in total. The van der Waals surface area contributed by atoms with Crippen molar-refractivity contribution in [2.45, 2.75) is 4.90 Å². The third-order valence-electron chi connectivity index (χ3n) is 6.08. The van der Waals surface area contributed by atoms with E-state index in [-0.39, 0.29) is 28.9 Å². The number of sulfonamides is 1. The van der Waals surface area contributed by atoms with E-state index in [4.69, 9.17) is 0 Å². The molecule has 1 amide bonds. The van der Waals surface area contributed by atoms with Crippen molar-refractivity contribution in [1.82, 2.24) is 4.90 Å². The Bertz CT molecular complexity index is 1320. The van der Waals surface area contributed by atoms with Gasteiger partial charge < -0.3 is 9.80 Å². The van der Waals surface area contributed by atoms with Crippen molar-refractivity contribution < 1.29 is 22.0 Å². The summed E-state index contributed by atoms with van der Waals surface area (Å²) >= 11 is 0. The first kappa shape index (κ1) is 21.4. The van der Waals surface area contributed by atoms with E-state index in [0.29, 0.717) is 37.3 Å². The summed E-state index contributed by atoms with van der Waals surface area (Å²) < 4.78 is 55.0. The molecule has 1 fully saturated rings. The first-order valence-electron chi connectivity index (χ1n) is 10.5. The van der Waals surface area contributed by atoms with E-state index >= 15 is 0 Å². The van der Waals surface area contributed by atoms with Crippen LogP contribution in [-0.2, 0) is 14.8 Å². The highest BCUT2D eigenvalue weighted by Gasteiger charge is 2.37. The number of fused-ring (bicyclic) bond motifs is 3. The highest BCUT2D eigenvalue weighted by Crippen LogP contribution is 2.43. The molecule has 170 valence electrons. The molecule has 9 heteroatoms. The number of hydrogen-bond acceptors (Lipinski definition) is 4. The molecular formula is C24H21F2N3O3S. The van der Waals surface area contributed by atoms with Gasteiger partial charge in [0.15, 0.2) is 0 Å². The fourth-order valence-corrected chi connectivity index (χ4v) is 6.01. The van der Waals surface area contributed by atoms with Crippen LogP contribution in [0, 0.1) is 11.6 Å². The molecular weight excluding hydrogens is 448 g/mol. The molecule has 0 aliphatic carbocycles. The van der Waals surface area contributed by atoms with Gasteiger partial charge in [0.05, 0.1) is 10.6 Å². The second kappa shape index (κ2) is 8.15. The van der Waals surface area contributed by atoms with Gasteiger partial charge in [-0.05, 0) is 48.5 Å². The number of amides is 1. The normalized spacial score (nSPS) is 16.8. The fourth-order valence-electron chi connectivity index (χ4n) is 4.36. The zero-order chi connectivity index (χ0) is 23.2. The summed E-state index contributed by atoms with van der Waals surface area (Å²) in [5.74, 6) is -1.12. The van der Waals surface area contributed by atoms with Gasteiger partial charge in [0, 0.05) is 43.0 Å². The summed E-state index contributed by atoms with van der Waals surface area (Å²) in [4.78, 5) is 16.8. The molecule has 3 aromatic rings. The average molecular weight is 470 g/mol. The summed E-state index contributed by atoms with van der Waals surface area (Å²) in [7, 11) is -3.98. The van der Waals surface area contributed by atoms with Crippen LogP contribution in [0.3, 0.4) is 0 Å². The van der Waals surface area contributed by atoms with E-state index < -0.39 is 15.8 Å². The topological polar surface area (TPSA) is 60.9 Å². The summed E-state index contributed by atoms with van der Waals surface area (Å²) in [5, 5.41) is 0. The molecule has 3 aromatic carbocycles. The maximum absolute atomic E-state index is 14.0. The monoisotopic (exact) mass is 469 g/mol. The van der Waals surface area contributed by atoms with Crippen molar-refractivity contribution in [3.05, 3.63) is 78.4 Å². The van der Waals surface area contributed by atoms with Gasteiger partial charge in [-0.15, -0.1) is 0 Å². The Morgan fingerprint density at radius 3 is 2.21 bits per heavy atom. The van der Waals surface area contributed by atoms with Crippen LogP contribution in [0.2, 0.25) is 0 Å². The van der Waals surface area contributed by atoms with Gasteiger partial charge in [0.1, 0.15) is 18.2 Å². The molecule has 0 N–H and O–H groups in total. The number of nitrogens with zero attached hydrogens (tertiary/aromatic N) is 3. The predicted molar refractivity (Wildman–Crippen MR) is 122 cm³/mol. The van der Waals surface area contributed by atoms with Crippen LogP contribution in [0.4, 0.5) is 20.2 Å². The number of carbonyl (C=O) groups excluding carboxylic acids is 1. The maximum atomic E-state index is 14.0. The average Bonchev–Trinajstić information content (AvgIpc) is 2.82. The Labute approximate surface area is 190 Å². The highest BCUT2D eigenvalue weighted by atomic mass is 32.2. The van der Waals surface area contributed by atoms with Crippen LogP contribution in [0.1, 0.15) is 0 Å². The SMILES string of the molecule is O=C(CN1c2ccc(F)cc2-c2ccccc2S1(=O)=O)N1CCN(c2ccc(F)cc2)CC1. The molecule has 0 atom stereocenters. The number of benzene rings is 3. The number of rotatable bonds is 3. The summed E-state index contributed by atoms with van der Waals surface area (Å²) in [6.45, 7) is 1.56. The molecule has 0 radical (unpaired) electrons. The van der Waals surface area contributed by atoms with E-state index in [0.717, 1.165) is 9.99 Å². The van der Waals surface area contributed by atoms with Crippen LogP contribution in [0.5, 0.6) is 0 Å². The lowest BCUT2D eigenvalue weighted by molar-refractivity contribution is -0.129. The van der Waals surface area contributed by atoms with Gasteiger partial charge >= 0.3 is 0 Å². The molecule has 5 rings (SSSR count). The molecule has 0 bridgehead atoms. The minimum atomic E-state index is -3.98. The lowest BCUT2D eigenvalue weighted by Gasteiger charge is -2.38. The maximum Gasteiger partial charge on any atom is 0.265 e. The van der Waals surface area contributed by atoms with E-state index in [1.165, 1.54) is 36.4 Å². The number of hydrogen-bond donors (Lipinski definition) is 0. The van der Waals surface area contributed by atoms with Crippen LogP contribution in [0.15, 0.2) is 71.6 Å². The van der Waals surface area contributed by atoms with Crippen molar-refractivity contribution in [1.29, 1.82) is 0 Å². The minimum Gasteiger partial charge on any atom is -0.368 e. The zero-order valence-corrected chi connectivity index (χ0v) is 18.4. The van der Waals surface area contributed by atoms with Crippen molar-refractivity contribution in [2.24, 2.45) is 0 Å². The van der Waals surface area contributed by atoms with Gasteiger partial charge in [-0.2, -0.15) is 0 Å². The summed E-state index contributed by atoms with van der Waals surface area (Å²) in [6, 6.07) is 16.5. The van der Waals surface area contributed by atoms with Gasteiger partial charge in [-0.1, -0.05) is 18.2 Å². The van der Waals surface area contributed by atoms with Crippen molar-refractivity contribution in [2.75, 3.05) is 41.9 Å². The summed E-state index contributed by atoms with van der Waals surface area (Å²) in [6.07, 6.45) is 0. The first-order chi connectivity index (χ1) is 15.8. The largest absolute Gasteiger partial charge is 0.368 e. The number of anilines is 2. The van der Waals surface area contributed by atoms with Crippen molar-refractivity contribution in [3.63, 3.8) is 0 Å². The van der Waals surface area contributed by atoms with Gasteiger partial charge in [0.2, 0.25) is 5.91 Å². The smallest absolute Gasteiger partial charge is 0.265 e. The van der Waals surface area contributed by atoms with Gasteiger partial charge in [0.25, 0.3) is 10.0 Å². The van der Waals surface area contributed by atoms with Crippen LogP contribution >= 0.6 is 0 Å². The van der Waals surface area contributed by atoms with Crippen molar-refractivity contribution in [3.8, 4) is 11.1 Å². The molecule has 0 saturated carbocycles. The second-order valence-electron chi connectivity index (χ2n) is 8.01. The molecule has 2 aliphatic heterocycles. The van der Waals surface area contributed by atoms with E-state index in [2.05, 4.69) is 4.90 Å². The predicted octanol–water partition coefficient (Wildman–Crippen LogP) is 3.49. The quantitative estimate of drug-likeness (QED) is 0.589. The van der Waals surface area contributed by atoms with Crippen LogP contribution in [0.25, 0.3) is 11.1 Å². The molecule has 1 saturated heterocycles. The lowest BCUT2D eigenvalue weighted by Crippen LogP contribution is -2.52. The third kappa shape index (κ3) is 3.82. The van der Waals surface area contributed by atoms with E-state index in [1.54, 1.807) is 35.2 Å². The van der Waals surface area contributed by atoms with Crippen molar-refractivity contribution >= 4 is 27.3 Å². The Kier molecular flexibility index (Phi) is 5.28. The Morgan fingerprint density at radius 2 is 1.48 bits per heavy atom. The van der Waals surface area contributed by atoms with Gasteiger partial charge in [-0.3, -0.25) is 9.10 Å². The molecule has 0 unspecified atom stereocenters. The molecule has 2 heterocycles. The van der Waals surface area contributed by atoms with Gasteiger partial charge in [-0.25, -0.2) is 17.2 Å². The molecule has 33 heavy (non-hydrogen) atoms. The van der Waals surface area contributed by atoms with Crippen LogP contribution in [-0.4, -0.2) is 51.9 Å². The zero-order valence-electron chi connectivity index (χ0n) is 17.6. The Morgan fingerprint density at radius 1 is 0.818 bits per heavy atom. The lowest BCUT2D eigenvalue weighted by atomic mass is 10.0. The molecule has 0 aromatic heterocycles. The van der Waals surface area contributed by atoms with E-state index in [9.17, 15) is 22.0 Å². The standard InChI is InChI=1S/C24H21F2N3O3S/c25-17-5-8-19(9-6-17)27-11-13-28(14-12-27)24(30)16-29-22-10-7-18(26)15-21(22)20-3-1-2-4-23(20)33(29,31)32/h1-10,15H,11-14,16H2. The Balaban J connectivity index is 1.37. The number of piperazine rings is 1. The van der Waals surface area contributed by atoms with E-state index in [1.807, 2.05) is 0 Å². The molecule has 0 spiro atoms. The minimum absolute atomic E-state index is 0.0528.